The third kappa shape index (κ3) is 0.645. The molecule has 2 fully saturated rings. The fourth-order valence-electron chi connectivity index (χ4n) is 1.46. The van der Waals surface area contributed by atoms with E-state index in [0.717, 1.165) is 19.6 Å². The monoisotopic (exact) mass is 127 g/mol. The van der Waals surface area contributed by atoms with Gasteiger partial charge < -0.3 is 10.1 Å². The van der Waals surface area contributed by atoms with E-state index in [1.54, 1.807) is 0 Å². The zero-order chi connectivity index (χ0) is 6.27. The van der Waals surface area contributed by atoms with E-state index in [4.69, 9.17) is 4.74 Å². The molecule has 0 bridgehead atoms. The maximum atomic E-state index is 10.8. The lowest BCUT2D eigenvalue weighted by Gasteiger charge is -2.00. The Bertz CT molecular complexity index is 146. The van der Waals surface area contributed by atoms with E-state index in [9.17, 15) is 4.79 Å². The predicted octanol–water partition coefficient (Wildman–Crippen LogP) is -0.479. The lowest BCUT2D eigenvalue weighted by atomic mass is 10.1. The number of rotatable bonds is 0. The largest absolute Gasteiger partial charge is 0.368 e. The smallest absolute Gasteiger partial charge is 0.249 e. The van der Waals surface area contributed by atoms with Gasteiger partial charge in [-0.05, 0) is 6.42 Å². The van der Waals surface area contributed by atoms with Crippen molar-refractivity contribution < 1.29 is 9.53 Å². The Hall–Kier alpha value is -0.570. The molecule has 2 atom stereocenters. The highest BCUT2D eigenvalue weighted by Gasteiger charge is 2.39. The molecule has 0 aliphatic carbocycles. The first kappa shape index (κ1) is 5.23. The van der Waals surface area contributed by atoms with Crippen LogP contribution in [0.1, 0.15) is 6.42 Å². The molecule has 0 unspecified atom stereocenters. The van der Waals surface area contributed by atoms with Crippen LogP contribution in [0.5, 0.6) is 0 Å². The van der Waals surface area contributed by atoms with Gasteiger partial charge in [-0.15, -0.1) is 0 Å². The number of amides is 1. The number of hydrogen-bond donors (Lipinski definition) is 1. The second-order valence-electron chi connectivity index (χ2n) is 2.59. The third-order valence-corrected chi connectivity index (χ3v) is 2.01. The maximum absolute atomic E-state index is 10.8. The van der Waals surface area contributed by atoms with Crippen LogP contribution in [0.15, 0.2) is 0 Å². The standard InChI is InChI=1S/C6H9NO2/c8-6-5-4(3-7-6)1-2-9-5/h4-5H,1-3H2,(H,7,8)/t4-,5-/m0/s1. The molecular formula is C6H9NO2. The molecule has 0 aromatic carbocycles. The molecule has 0 aromatic heterocycles. The molecule has 0 saturated carbocycles. The number of fused-ring (bicyclic) bond motifs is 1. The van der Waals surface area contributed by atoms with Gasteiger partial charge in [0.2, 0.25) is 5.91 Å². The van der Waals surface area contributed by atoms with Gasteiger partial charge >= 0.3 is 0 Å². The Morgan fingerprint density at radius 2 is 2.56 bits per heavy atom. The summed E-state index contributed by atoms with van der Waals surface area (Å²) in [5.41, 5.74) is 0. The fourth-order valence-corrected chi connectivity index (χ4v) is 1.46. The summed E-state index contributed by atoms with van der Waals surface area (Å²) in [4.78, 5) is 10.8. The van der Waals surface area contributed by atoms with Crippen molar-refractivity contribution in [2.75, 3.05) is 13.2 Å². The van der Waals surface area contributed by atoms with Crippen molar-refractivity contribution in [3.63, 3.8) is 0 Å². The zero-order valence-corrected chi connectivity index (χ0v) is 5.09. The van der Waals surface area contributed by atoms with Gasteiger partial charge in [0.1, 0.15) is 6.10 Å². The quantitative estimate of drug-likeness (QED) is 0.477. The molecule has 1 amide bonds. The topological polar surface area (TPSA) is 38.3 Å². The minimum absolute atomic E-state index is 0.0810. The Balaban J connectivity index is 2.15. The predicted molar refractivity (Wildman–Crippen MR) is 30.9 cm³/mol. The van der Waals surface area contributed by atoms with E-state index in [0.29, 0.717) is 5.92 Å². The van der Waals surface area contributed by atoms with E-state index in [1.165, 1.54) is 0 Å². The van der Waals surface area contributed by atoms with Gasteiger partial charge in [0.25, 0.3) is 0 Å². The van der Waals surface area contributed by atoms with Crippen LogP contribution in [0.3, 0.4) is 0 Å². The van der Waals surface area contributed by atoms with Crippen molar-refractivity contribution >= 4 is 5.91 Å². The minimum Gasteiger partial charge on any atom is -0.368 e. The number of nitrogens with one attached hydrogen (secondary N) is 1. The van der Waals surface area contributed by atoms with Crippen molar-refractivity contribution in [1.82, 2.24) is 5.32 Å². The van der Waals surface area contributed by atoms with E-state index in [-0.39, 0.29) is 12.0 Å². The highest BCUT2D eigenvalue weighted by atomic mass is 16.5. The summed E-state index contributed by atoms with van der Waals surface area (Å²) in [6.45, 7) is 1.59. The molecule has 2 aliphatic heterocycles. The van der Waals surface area contributed by atoms with E-state index >= 15 is 0 Å². The summed E-state index contributed by atoms with van der Waals surface area (Å²) in [7, 11) is 0. The number of ether oxygens (including phenoxy) is 1. The summed E-state index contributed by atoms with van der Waals surface area (Å²) in [6, 6.07) is 0. The van der Waals surface area contributed by atoms with Crippen molar-refractivity contribution in [2.24, 2.45) is 5.92 Å². The van der Waals surface area contributed by atoms with Gasteiger partial charge in [-0.1, -0.05) is 0 Å². The summed E-state index contributed by atoms with van der Waals surface area (Å²) in [5, 5.41) is 2.76. The van der Waals surface area contributed by atoms with Gasteiger partial charge in [0, 0.05) is 19.1 Å². The average Bonchev–Trinajstić information content (AvgIpc) is 2.35. The summed E-state index contributed by atoms with van der Waals surface area (Å²) < 4.78 is 5.18. The maximum Gasteiger partial charge on any atom is 0.249 e. The molecule has 9 heavy (non-hydrogen) atoms. The van der Waals surface area contributed by atoms with Crippen LogP contribution in [-0.4, -0.2) is 25.2 Å². The number of hydrogen-bond acceptors (Lipinski definition) is 2. The van der Waals surface area contributed by atoms with Gasteiger partial charge in [0.05, 0.1) is 0 Å². The highest BCUT2D eigenvalue weighted by molar-refractivity contribution is 5.83. The van der Waals surface area contributed by atoms with Crippen molar-refractivity contribution in [3.8, 4) is 0 Å². The van der Waals surface area contributed by atoms with Gasteiger partial charge in [-0.3, -0.25) is 4.79 Å². The zero-order valence-electron chi connectivity index (χ0n) is 5.09. The molecule has 0 spiro atoms. The van der Waals surface area contributed by atoms with Gasteiger partial charge in [-0.25, -0.2) is 0 Å². The Kier molecular flexibility index (Phi) is 0.990. The first-order valence-corrected chi connectivity index (χ1v) is 3.27. The molecule has 50 valence electrons. The molecule has 1 N–H and O–H groups in total. The summed E-state index contributed by atoms with van der Waals surface area (Å²) in [5.74, 6) is 0.551. The van der Waals surface area contributed by atoms with Crippen molar-refractivity contribution in [1.29, 1.82) is 0 Å². The molecule has 2 aliphatic rings. The van der Waals surface area contributed by atoms with E-state index in [2.05, 4.69) is 5.32 Å². The van der Waals surface area contributed by atoms with Crippen LogP contribution in [0.25, 0.3) is 0 Å². The molecule has 3 nitrogen and oxygen atoms in total. The minimum atomic E-state index is -0.106. The van der Waals surface area contributed by atoms with E-state index < -0.39 is 0 Å². The molecule has 3 heteroatoms. The lowest BCUT2D eigenvalue weighted by Crippen LogP contribution is -2.24. The van der Waals surface area contributed by atoms with Crippen LogP contribution >= 0.6 is 0 Å². The Morgan fingerprint density at radius 3 is 3.33 bits per heavy atom. The van der Waals surface area contributed by atoms with Gasteiger partial charge in [-0.2, -0.15) is 0 Å². The first-order chi connectivity index (χ1) is 4.38. The first-order valence-electron chi connectivity index (χ1n) is 3.27. The fraction of sp³-hybridized carbons (Fsp3) is 0.833. The molecule has 2 rings (SSSR count). The van der Waals surface area contributed by atoms with Gasteiger partial charge in [0.15, 0.2) is 0 Å². The second kappa shape index (κ2) is 1.70. The van der Waals surface area contributed by atoms with E-state index in [1.807, 2.05) is 0 Å². The molecular weight excluding hydrogens is 118 g/mol. The number of carbonyl (C=O) groups is 1. The molecule has 0 aromatic rings. The summed E-state index contributed by atoms with van der Waals surface area (Å²) >= 11 is 0. The highest BCUT2D eigenvalue weighted by Crippen LogP contribution is 2.23. The second-order valence-corrected chi connectivity index (χ2v) is 2.59. The van der Waals surface area contributed by atoms with Crippen LogP contribution in [-0.2, 0) is 9.53 Å². The Labute approximate surface area is 53.4 Å². The average molecular weight is 127 g/mol. The van der Waals surface area contributed by atoms with Crippen LogP contribution < -0.4 is 5.32 Å². The van der Waals surface area contributed by atoms with Crippen molar-refractivity contribution in [3.05, 3.63) is 0 Å². The third-order valence-electron chi connectivity index (χ3n) is 2.01. The Morgan fingerprint density at radius 1 is 1.67 bits per heavy atom. The number of carbonyl (C=O) groups excluding carboxylic acids is 1. The van der Waals surface area contributed by atoms with Crippen LogP contribution in [0, 0.1) is 5.92 Å². The van der Waals surface area contributed by atoms with Crippen LogP contribution in [0.4, 0.5) is 0 Å². The SMILES string of the molecule is O=C1NC[C@@H]2CCO[C@H]12. The van der Waals surface area contributed by atoms with Crippen molar-refractivity contribution in [2.45, 2.75) is 12.5 Å². The summed E-state index contributed by atoms with van der Waals surface area (Å²) in [6.07, 6.45) is 0.939. The van der Waals surface area contributed by atoms with Crippen LogP contribution in [0.2, 0.25) is 0 Å². The molecule has 0 radical (unpaired) electrons. The molecule has 2 saturated heterocycles. The normalized spacial score (nSPS) is 40.7. The molecule has 2 heterocycles. The lowest BCUT2D eigenvalue weighted by molar-refractivity contribution is -0.127.